The smallest absolute Gasteiger partial charge is 0.498 e. The van der Waals surface area contributed by atoms with Crippen LogP contribution in [0.15, 0.2) is 145 Å². The summed E-state index contributed by atoms with van der Waals surface area (Å²) in [6.45, 7) is 18.2. The van der Waals surface area contributed by atoms with E-state index in [9.17, 15) is 13.9 Å². The minimum atomic E-state index is -2.84. The number of rotatable bonds is 11. The maximum atomic E-state index is 12.4. The van der Waals surface area contributed by atoms with Crippen molar-refractivity contribution in [2.24, 2.45) is 14.1 Å². The summed E-state index contributed by atoms with van der Waals surface area (Å²) in [5.74, 6) is 0.0490. The largest absolute Gasteiger partial charge is 0.509 e. The Morgan fingerprint density at radius 3 is 1.35 bits per heavy atom. The molecule has 0 bridgehead atoms. The maximum Gasteiger partial charge on any atom is 0.498 e. The molecule has 7 aromatic rings. The summed E-state index contributed by atoms with van der Waals surface area (Å²) in [6, 6.07) is 37.3. The van der Waals surface area contributed by atoms with Gasteiger partial charge >= 0.3 is 144 Å². The van der Waals surface area contributed by atoms with Crippen molar-refractivity contribution in [3.63, 3.8) is 0 Å². The zero-order valence-electron chi connectivity index (χ0n) is 49.3. The quantitative estimate of drug-likeness (QED) is 0.0242. The number of halogens is 1. The van der Waals surface area contributed by atoms with Crippen LogP contribution in [0.2, 0.25) is 0 Å². The molecule has 1 aliphatic rings. The third-order valence-corrected chi connectivity index (χ3v) is 19.6. The standard InChI is InChI=1S/C20H19O2P.C13H18N3O2P.C10H17BN2O2.C9H13BrNO2P.C2H4O2.CHO3.CH4.2Cs.Pd/c1-17(21)22-23(18-11-5-2-6-12-18,19-13-7-3-8-14-19)20-15-9-4-10-16-20;1-16-8-9(7-15-16)10-5-6-11(14)13(12(10)18-2)19(3,4)17;1-9(2)10(3,4)15-11(14-9)8-6-12-13(5)7-8;1-13-8-6(10)4-5-7(11)9(8)14(2,3)12;1-2(3)4;2-1-4-3;;;;/h2-16,23H,1H3;5-8H,14H2,1-4H3;6-7H,1-5H3;4-5H,11H2,1-3H3;1H3,(H,3,4);3H;1H4;;;/q;;;;;-1;;;;. The van der Waals surface area contributed by atoms with Gasteiger partial charge in [-0.05, 0) is 101 Å². The fourth-order valence-corrected chi connectivity index (χ4v) is 15.1. The van der Waals surface area contributed by atoms with Crippen molar-refractivity contribution >= 4 is 244 Å². The first-order valence-corrected chi connectivity index (χ1v) is 32.1. The number of anilines is 2. The van der Waals surface area contributed by atoms with Crippen molar-refractivity contribution < 1.29 is 82.5 Å². The van der Waals surface area contributed by atoms with Crippen LogP contribution in [0.25, 0.3) is 11.1 Å². The van der Waals surface area contributed by atoms with Gasteiger partial charge < -0.3 is 54.2 Å². The Morgan fingerprint density at radius 2 is 1.05 bits per heavy atom. The summed E-state index contributed by atoms with van der Waals surface area (Å²) in [7, 11) is -1.25. The average Bonchev–Trinajstić information content (AvgIpc) is 4.10. The number of nitrogen functional groups attached to an aromatic ring is 2. The summed E-state index contributed by atoms with van der Waals surface area (Å²) in [5, 5.41) is 27.0. The Bertz CT molecular complexity index is 3100. The van der Waals surface area contributed by atoms with E-state index in [1.165, 1.54) is 6.92 Å². The summed E-state index contributed by atoms with van der Waals surface area (Å²) in [6.07, 6.45) is 7.33. The number of methoxy groups -OCH3 is 2. The summed E-state index contributed by atoms with van der Waals surface area (Å²) in [5.41, 5.74) is 14.9. The zero-order valence-corrected chi connectivity index (χ0v) is 67.8. The summed E-state index contributed by atoms with van der Waals surface area (Å²) in [4.78, 5) is 32.3. The van der Waals surface area contributed by atoms with Gasteiger partial charge in [-0.3, -0.25) is 14.2 Å². The molecule has 0 atom stereocenters. The number of aromatic nitrogens is 4. The predicted molar refractivity (Wildman–Crippen MR) is 341 cm³/mol. The third kappa shape index (κ3) is 24.6. The normalized spacial score (nSPS) is 12.6. The van der Waals surface area contributed by atoms with Gasteiger partial charge in [0.2, 0.25) is 0 Å². The van der Waals surface area contributed by atoms with Crippen molar-refractivity contribution in [2.45, 2.75) is 60.2 Å². The van der Waals surface area contributed by atoms with E-state index in [0.717, 1.165) is 50.4 Å². The van der Waals surface area contributed by atoms with Crippen LogP contribution >= 0.6 is 37.7 Å². The van der Waals surface area contributed by atoms with Gasteiger partial charge in [-0.25, -0.2) is 5.26 Å². The summed E-state index contributed by atoms with van der Waals surface area (Å²) >= 11 is 3.33. The van der Waals surface area contributed by atoms with Gasteiger partial charge in [-0.15, -0.1) is 0 Å². The Morgan fingerprint density at radius 1 is 0.687 bits per heavy atom. The van der Waals surface area contributed by atoms with Crippen LogP contribution in [0.5, 0.6) is 11.5 Å². The van der Waals surface area contributed by atoms with Crippen molar-refractivity contribution in [1.29, 1.82) is 0 Å². The van der Waals surface area contributed by atoms with Gasteiger partial charge in [0, 0.05) is 226 Å². The van der Waals surface area contributed by atoms with Crippen LogP contribution in [0.3, 0.4) is 0 Å². The molecule has 2 radical (unpaired) electrons. The molecule has 6 N–H and O–H groups in total. The second-order valence-corrected chi connectivity index (χ2v) is 29.8. The molecule has 19 nitrogen and oxygen atoms in total. The molecule has 0 unspecified atom stereocenters. The second-order valence-electron chi connectivity index (χ2n) is 19.3. The monoisotopic (exact) mass is 1600 g/mol. The van der Waals surface area contributed by atoms with E-state index in [0.29, 0.717) is 33.5 Å². The van der Waals surface area contributed by atoms with E-state index in [1.54, 1.807) is 80.8 Å². The van der Waals surface area contributed by atoms with Gasteiger partial charge in [0.1, 0.15) is 25.8 Å². The number of carboxylic acids is 1. The third-order valence-electron chi connectivity index (χ3n) is 11.9. The Kier molecular flexibility index (Phi) is 38.7. The maximum absolute atomic E-state index is 12.4. The number of ether oxygens (including phenoxy) is 2. The number of carbonyl (C=O) groups excluding carboxylic acids is 2. The SMILES string of the molecule is C.CC(=O)O.CC(=O)O[PH](c1ccccc1)(c1ccccc1)c1ccccc1.COc1c(-c2cnn(C)c2)ccc(N)c1P(C)(C)=O.COc1c(Br)ccc(N)c1P(C)(C)=O.Cn1cc(B2OC(C)(C)C(C)(C)O2)cn1.O=[C-]OO.[Cs].[Cs].[Pd]. The van der Waals surface area contributed by atoms with Crippen LogP contribution in [-0.4, -0.2) is 245 Å². The molecule has 0 spiro atoms. The molecule has 1 fully saturated rings. The van der Waals surface area contributed by atoms with Crippen LogP contribution < -0.4 is 52.9 Å². The molecule has 5 aromatic carbocycles. The Labute approximate surface area is 630 Å². The van der Waals surface area contributed by atoms with Crippen LogP contribution in [-0.2, 0) is 76.8 Å². The number of nitrogens with zero attached hydrogens (tertiary/aromatic N) is 4. The summed E-state index contributed by atoms with van der Waals surface area (Å²) < 4.78 is 57.2. The topological polar surface area (TPSA) is 269 Å². The molecule has 27 heteroatoms. The molecule has 0 amide bonds. The van der Waals surface area contributed by atoms with Crippen LogP contribution in [0.1, 0.15) is 49.0 Å². The van der Waals surface area contributed by atoms with E-state index in [2.05, 4.69) is 67.4 Å². The molecule has 83 heavy (non-hydrogen) atoms. The van der Waals surface area contributed by atoms with E-state index < -0.39 is 27.7 Å². The van der Waals surface area contributed by atoms with Gasteiger partial charge in [-0.2, -0.15) is 10.2 Å². The Hall–Kier alpha value is -1.79. The number of hydrogen-bond donors (Lipinski definition) is 4. The first-order valence-electron chi connectivity index (χ1n) is 24.2. The first kappa shape index (κ1) is 83.3. The number of hydrogen-bond acceptors (Lipinski definition) is 16. The molecule has 3 heterocycles. The minimum Gasteiger partial charge on any atom is -0.509 e. The number of carbonyl (C=O) groups is 2. The van der Waals surface area contributed by atoms with E-state index in [1.807, 2.05) is 115 Å². The predicted octanol–water partition coefficient (Wildman–Crippen LogP) is 7.63. The molecule has 0 saturated carbocycles. The number of aliphatic carboxylic acids is 1. The molecule has 446 valence electrons. The molecule has 8 rings (SSSR count). The Balaban J connectivity index is 0. The molecule has 1 aliphatic heterocycles. The van der Waals surface area contributed by atoms with E-state index in [4.69, 9.17) is 54.7 Å². The fourth-order valence-electron chi connectivity index (χ4n) is 7.90. The van der Waals surface area contributed by atoms with Crippen molar-refractivity contribution in [2.75, 3.05) is 52.3 Å². The number of carboxylic acid groups (broad SMARTS) is 1. The molecule has 0 aliphatic carbocycles. The van der Waals surface area contributed by atoms with Gasteiger partial charge in [-0.1, -0.05) is 7.43 Å². The first-order chi connectivity index (χ1) is 36.9. The van der Waals surface area contributed by atoms with Crippen molar-refractivity contribution in [3.8, 4) is 22.6 Å². The number of nitrogens with two attached hydrogens (primary N) is 2. The minimum absolute atomic E-state index is 0. The van der Waals surface area contributed by atoms with Crippen molar-refractivity contribution in [3.05, 3.63) is 145 Å². The number of benzene rings is 5. The molecule has 1 saturated heterocycles. The second kappa shape index (κ2) is 38.6. The van der Waals surface area contributed by atoms with E-state index in [-0.39, 0.29) is 190 Å². The zero-order chi connectivity index (χ0) is 59.5. The molecular formula is C56H76BBrCs2N6O13P3Pd-. The molecule has 2 aromatic heterocycles. The van der Waals surface area contributed by atoms with Gasteiger partial charge in [0.25, 0.3) is 5.97 Å². The van der Waals surface area contributed by atoms with Crippen LogP contribution in [0, 0.1) is 0 Å². The van der Waals surface area contributed by atoms with Crippen LogP contribution in [0.4, 0.5) is 11.4 Å². The van der Waals surface area contributed by atoms with Crippen molar-refractivity contribution in [1.82, 2.24) is 19.6 Å². The average molecular weight is 1600 g/mol. The van der Waals surface area contributed by atoms with Gasteiger partial charge in [0.15, 0.2) is 0 Å². The van der Waals surface area contributed by atoms with Gasteiger partial charge in [0.05, 0.1) is 46.7 Å². The fraction of sp³-hybridized carbons (Fsp3) is 0.304. The molecular weight excluding hydrogens is 1520 g/mol. The number of aryl methyl sites for hydroxylation is 2. The van der Waals surface area contributed by atoms with E-state index >= 15 is 0 Å².